The highest BCUT2D eigenvalue weighted by molar-refractivity contribution is 7.11. The van der Waals surface area contributed by atoms with Gasteiger partial charge in [-0.3, -0.25) is 9.67 Å². The van der Waals surface area contributed by atoms with Gasteiger partial charge in [-0.15, -0.1) is 5.10 Å². The lowest BCUT2D eigenvalue weighted by atomic mass is 10.1. The van der Waals surface area contributed by atoms with E-state index in [-0.39, 0.29) is 0 Å². The van der Waals surface area contributed by atoms with Crippen molar-refractivity contribution >= 4 is 22.4 Å². The summed E-state index contributed by atoms with van der Waals surface area (Å²) in [7, 11) is 0. The van der Waals surface area contributed by atoms with Gasteiger partial charge >= 0.3 is 0 Å². The van der Waals surface area contributed by atoms with Gasteiger partial charge in [0.2, 0.25) is 0 Å². The van der Waals surface area contributed by atoms with Gasteiger partial charge in [0, 0.05) is 31.7 Å². The Bertz CT molecular complexity index is 678. The molecule has 0 aliphatic rings. The molecule has 0 saturated heterocycles. The number of anilines is 2. The van der Waals surface area contributed by atoms with Crippen LogP contribution in [0.15, 0.2) is 36.9 Å². The summed E-state index contributed by atoms with van der Waals surface area (Å²) < 4.78 is 6.04. The molecule has 0 radical (unpaired) electrons. The maximum atomic E-state index is 5.97. The summed E-state index contributed by atoms with van der Waals surface area (Å²) in [5.41, 5.74) is 7.94. The molecule has 3 N–H and O–H groups in total. The minimum atomic E-state index is 0.546. The van der Waals surface area contributed by atoms with Crippen molar-refractivity contribution in [3.63, 3.8) is 0 Å². The van der Waals surface area contributed by atoms with Crippen LogP contribution in [0, 0.1) is 0 Å². The Morgan fingerprint density at radius 1 is 1.24 bits per heavy atom. The number of rotatable bonds is 6. The molecule has 21 heavy (non-hydrogen) atoms. The van der Waals surface area contributed by atoms with E-state index in [1.165, 1.54) is 11.5 Å². The van der Waals surface area contributed by atoms with Crippen molar-refractivity contribution in [3.8, 4) is 11.1 Å². The van der Waals surface area contributed by atoms with Crippen LogP contribution in [0.4, 0.5) is 10.8 Å². The fraction of sp³-hybridized carbons (Fsp3) is 0.231. The van der Waals surface area contributed by atoms with Crippen molar-refractivity contribution in [1.29, 1.82) is 0 Å². The molecule has 0 saturated carbocycles. The molecule has 0 aliphatic carbocycles. The van der Waals surface area contributed by atoms with Gasteiger partial charge in [-0.25, -0.2) is 0 Å². The molecule has 3 heterocycles. The standard InChI is InChI=1S/C13H15N7S/c14-12-11(10-2-5-15-6-3-10)13(21-18-12)16-4-1-8-20-9-7-17-19-20/h2-3,5-7,9,16H,1,4,8H2,(H2,14,18). The minimum absolute atomic E-state index is 0.546. The largest absolute Gasteiger partial charge is 0.382 e. The molecule has 3 aromatic rings. The SMILES string of the molecule is Nc1nsc(NCCCn2ccnn2)c1-c1ccncc1. The van der Waals surface area contributed by atoms with E-state index in [1.54, 1.807) is 18.6 Å². The summed E-state index contributed by atoms with van der Waals surface area (Å²) in [6.45, 7) is 1.64. The third-order valence-electron chi connectivity index (χ3n) is 3.01. The van der Waals surface area contributed by atoms with Crippen molar-refractivity contribution < 1.29 is 0 Å². The zero-order chi connectivity index (χ0) is 14.5. The van der Waals surface area contributed by atoms with Crippen LogP contribution in [0.5, 0.6) is 0 Å². The molecule has 108 valence electrons. The molecule has 3 rings (SSSR count). The monoisotopic (exact) mass is 301 g/mol. The Morgan fingerprint density at radius 3 is 2.86 bits per heavy atom. The number of nitrogens with zero attached hydrogens (tertiary/aromatic N) is 5. The molecular formula is C13H15N7S. The number of nitrogens with two attached hydrogens (primary N) is 1. The molecule has 8 heteroatoms. The molecule has 7 nitrogen and oxygen atoms in total. The normalized spacial score (nSPS) is 10.7. The van der Waals surface area contributed by atoms with E-state index in [9.17, 15) is 0 Å². The van der Waals surface area contributed by atoms with E-state index in [0.717, 1.165) is 35.6 Å². The second-order valence-corrected chi connectivity index (χ2v) is 5.23. The van der Waals surface area contributed by atoms with Gasteiger partial charge in [0.15, 0.2) is 0 Å². The van der Waals surface area contributed by atoms with E-state index in [1.807, 2.05) is 23.0 Å². The Balaban J connectivity index is 1.64. The third-order valence-corrected chi connectivity index (χ3v) is 3.83. The van der Waals surface area contributed by atoms with Crippen LogP contribution in [0.3, 0.4) is 0 Å². The van der Waals surface area contributed by atoms with Gasteiger partial charge in [-0.1, -0.05) is 5.21 Å². The van der Waals surface area contributed by atoms with Crippen LogP contribution in [0.25, 0.3) is 11.1 Å². The molecular weight excluding hydrogens is 286 g/mol. The predicted octanol–water partition coefficient (Wildman–Crippen LogP) is 1.88. The maximum absolute atomic E-state index is 5.97. The van der Waals surface area contributed by atoms with E-state index in [2.05, 4.69) is 25.0 Å². The maximum Gasteiger partial charge on any atom is 0.147 e. The Labute approximate surface area is 126 Å². The van der Waals surface area contributed by atoms with Crippen molar-refractivity contribution in [2.24, 2.45) is 0 Å². The van der Waals surface area contributed by atoms with Crippen LogP contribution < -0.4 is 11.1 Å². The lowest BCUT2D eigenvalue weighted by molar-refractivity contribution is 0.570. The number of pyridine rings is 1. The molecule has 0 amide bonds. The first-order chi connectivity index (χ1) is 10.3. The number of aryl methyl sites for hydroxylation is 1. The summed E-state index contributed by atoms with van der Waals surface area (Å²) in [5, 5.41) is 12.1. The van der Waals surface area contributed by atoms with Crippen LogP contribution in [-0.4, -0.2) is 30.9 Å². The Morgan fingerprint density at radius 2 is 2.10 bits per heavy atom. The topological polar surface area (TPSA) is 94.5 Å². The Kier molecular flexibility index (Phi) is 4.06. The number of nitrogen functional groups attached to an aromatic ring is 1. The molecule has 0 bridgehead atoms. The fourth-order valence-electron chi connectivity index (χ4n) is 2.02. The molecule has 0 aromatic carbocycles. The lowest BCUT2D eigenvalue weighted by Crippen LogP contribution is -2.07. The highest BCUT2D eigenvalue weighted by atomic mass is 32.1. The van der Waals surface area contributed by atoms with Crippen molar-refractivity contribution in [1.82, 2.24) is 24.4 Å². The zero-order valence-electron chi connectivity index (χ0n) is 11.3. The van der Waals surface area contributed by atoms with Crippen molar-refractivity contribution in [2.75, 3.05) is 17.6 Å². The molecule has 0 spiro atoms. The van der Waals surface area contributed by atoms with Gasteiger partial charge in [0.1, 0.15) is 10.8 Å². The first kappa shape index (κ1) is 13.5. The van der Waals surface area contributed by atoms with Crippen LogP contribution in [0.1, 0.15) is 6.42 Å². The predicted molar refractivity (Wildman–Crippen MR) is 82.9 cm³/mol. The first-order valence-electron chi connectivity index (χ1n) is 6.58. The van der Waals surface area contributed by atoms with Gasteiger partial charge in [0.05, 0.1) is 11.8 Å². The summed E-state index contributed by atoms with van der Waals surface area (Å²) >= 11 is 1.38. The summed E-state index contributed by atoms with van der Waals surface area (Å²) in [6, 6.07) is 3.86. The van der Waals surface area contributed by atoms with E-state index >= 15 is 0 Å². The summed E-state index contributed by atoms with van der Waals surface area (Å²) in [4.78, 5) is 4.02. The van der Waals surface area contributed by atoms with Crippen molar-refractivity contribution in [2.45, 2.75) is 13.0 Å². The molecule has 0 fully saturated rings. The van der Waals surface area contributed by atoms with Gasteiger partial charge < -0.3 is 11.1 Å². The smallest absolute Gasteiger partial charge is 0.147 e. The third kappa shape index (κ3) is 3.16. The fourth-order valence-corrected chi connectivity index (χ4v) is 2.78. The van der Waals surface area contributed by atoms with E-state index < -0.39 is 0 Å². The van der Waals surface area contributed by atoms with Gasteiger partial charge in [0.25, 0.3) is 0 Å². The average Bonchev–Trinajstić information content (AvgIpc) is 3.14. The molecule has 0 aliphatic heterocycles. The number of aromatic nitrogens is 5. The Hall–Kier alpha value is -2.48. The lowest BCUT2D eigenvalue weighted by Gasteiger charge is -2.07. The minimum Gasteiger partial charge on any atom is -0.382 e. The second kappa shape index (κ2) is 6.31. The number of hydrogen-bond donors (Lipinski definition) is 2. The van der Waals surface area contributed by atoms with Crippen molar-refractivity contribution in [3.05, 3.63) is 36.9 Å². The summed E-state index contributed by atoms with van der Waals surface area (Å²) in [6.07, 6.45) is 7.98. The quantitative estimate of drug-likeness (QED) is 0.675. The first-order valence-corrected chi connectivity index (χ1v) is 7.35. The van der Waals surface area contributed by atoms with Crippen LogP contribution in [-0.2, 0) is 6.54 Å². The number of nitrogens with one attached hydrogen (secondary N) is 1. The highest BCUT2D eigenvalue weighted by Gasteiger charge is 2.12. The van der Waals surface area contributed by atoms with Crippen LogP contribution in [0.2, 0.25) is 0 Å². The zero-order valence-corrected chi connectivity index (χ0v) is 12.1. The highest BCUT2D eigenvalue weighted by Crippen LogP contribution is 2.36. The second-order valence-electron chi connectivity index (χ2n) is 4.45. The average molecular weight is 301 g/mol. The molecule has 3 aromatic heterocycles. The van der Waals surface area contributed by atoms with Gasteiger partial charge in [-0.2, -0.15) is 4.37 Å². The van der Waals surface area contributed by atoms with Gasteiger partial charge in [-0.05, 0) is 35.6 Å². The van der Waals surface area contributed by atoms with E-state index in [0.29, 0.717) is 5.82 Å². The van der Waals surface area contributed by atoms with Crippen LogP contribution >= 0.6 is 11.5 Å². The molecule has 0 atom stereocenters. The number of hydrogen-bond acceptors (Lipinski definition) is 7. The van der Waals surface area contributed by atoms with E-state index in [4.69, 9.17) is 5.73 Å². The summed E-state index contributed by atoms with van der Waals surface area (Å²) in [5.74, 6) is 0.546. The molecule has 0 unspecified atom stereocenters.